The minimum atomic E-state index is -0.290. The summed E-state index contributed by atoms with van der Waals surface area (Å²) in [6, 6.07) is 7.59. The Hall–Kier alpha value is -2.04. The van der Waals surface area contributed by atoms with E-state index in [4.69, 9.17) is 4.74 Å². The predicted molar refractivity (Wildman–Crippen MR) is 82.6 cm³/mol. The van der Waals surface area contributed by atoms with Crippen LogP contribution in [0.3, 0.4) is 0 Å². The van der Waals surface area contributed by atoms with E-state index in [-0.39, 0.29) is 17.9 Å². The Bertz CT molecular complexity index is 556. The van der Waals surface area contributed by atoms with Crippen LogP contribution in [0.15, 0.2) is 24.3 Å². The van der Waals surface area contributed by atoms with Gasteiger partial charge < -0.3 is 14.5 Å². The predicted octanol–water partition coefficient (Wildman–Crippen LogP) is 1.46. The molecule has 1 aromatic rings. The molecule has 3 heterocycles. The molecule has 0 spiro atoms. The highest BCUT2D eigenvalue weighted by molar-refractivity contribution is 5.88. The first-order valence-corrected chi connectivity index (χ1v) is 7.91. The lowest BCUT2D eigenvalue weighted by Crippen LogP contribution is -2.47. The smallest absolute Gasteiger partial charge is 0.245 e. The van der Waals surface area contributed by atoms with Gasteiger partial charge in [-0.05, 0) is 37.0 Å². The van der Waals surface area contributed by atoms with Crippen molar-refractivity contribution in [2.45, 2.75) is 31.7 Å². The maximum absolute atomic E-state index is 12.6. The third-order valence-electron chi connectivity index (χ3n) is 4.48. The van der Waals surface area contributed by atoms with Crippen molar-refractivity contribution in [3.63, 3.8) is 0 Å². The number of ether oxygens (including phenoxy) is 1. The second-order valence-electron chi connectivity index (χ2n) is 6.00. The summed E-state index contributed by atoms with van der Waals surface area (Å²) in [6.07, 6.45) is 2.79. The number of hydrogen-bond donors (Lipinski definition) is 0. The standard InChI is InChI=1S/C17H22N2O3/c1-18-11-8-13-4-6-14(7-5-13)22-12-9-16(20)19-10-2-3-15(19)17(18)21/h4-7,15H,2-3,8-12H2,1H3. The van der Waals surface area contributed by atoms with Crippen LogP contribution in [0.2, 0.25) is 0 Å². The fraction of sp³-hybridized carbons (Fsp3) is 0.529. The molecule has 5 heteroatoms. The Morgan fingerprint density at radius 3 is 2.64 bits per heavy atom. The van der Waals surface area contributed by atoms with Crippen LogP contribution >= 0.6 is 0 Å². The van der Waals surface area contributed by atoms with Crippen molar-refractivity contribution in [3.05, 3.63) is 29.8 Å². The number of fused-ring (bicyclic) bond motifs is 8. The molecule has 2 amide bonds. The van der Waals surface area contributed by atoms with Gasteiger partial charge in [-0.1, -0.05) is 12.1 Å². The lowest BCUT2D eigenvalue weighted by atomic mass is 10.1. The zero-order chi connectivity index (χ0) is 15.5. The molecule has 2 bridgehead atoms. The van der Waals surface area contributed by atoms with Gasteiger partial charge in [-0.2, -0.15) is 0 Å². The second-order valence-corrected chi connectivity index (χ2v) is 6.00. The van der Waals surface area contributed by atoms with E-state index in [1.807, 2.05) is 31.3 Å². The Morgan fingerprint density at radius 1 is 1.09 bits per heavy atom. The lowest BCUT2D eigenvalue weighted by molar-refractivity contribution is -0.143. The zero-order valence-electron chi connectivity index (χ0n) is 13.0. The number of carbonyl (C=O) groups excluding carboxylic acids is 2. The molecule has 3 aliphatic rings. The zero-order valence-corrected chi connectivity index (χ0v) is 13.0. The highest BCUT2D eigenvalue weighted by atomic mass is 16.5. The first-order valence-electron chi connectivity index (χ1n) is 7.91. The Morgan fingerprint density at radius 2 is 1.86 bits per heavy atom. The molecule has 0 radical (unpaired) electrons. The summed E-state index contributed by atoms with van der Waals surface area (Å²) in [4.78, 5) is 28.4. The molecule has 1 saturated heterocycles. The van der Waals surface area contributed by atoms with E-state index >= 15 is 0 Å². The van der Waals surface area contributed by atoms with Crippen LogP contribution in [0.4, 0.5) is 0 Å². The molecule has 4 rings (SSSR count). The van der Waals surface area contributed by atoms with E-state index in [1.54, 1.807) is 9.80 Å². The minimum Gasteiger partial charge on any atom is -0.493 e. The highest BCUT2D eigenvalue weighted by Crippen LogP contribution is 2.21. The van der Waals surface area contributed by atoms with Gasteiger partial charge in [0.1, 0.15) is 11.8 Å². The fourth-order valence-corrected chi connectivity index (χ4v) is 3.14. The SMILES string of the molecule is CN1CCc2ccc(cc2)OCCC(=O)N2CCCC2C1=O. The van der Waals surface area contributed by atoms with E-state index < -0.39 is 0 Å². The monoisotopic (exact) mass is 302 g/mol. The van der Waals surface area contributed by atoms with Crippen LogP contribution in [0.5, 0.6) is 5.75 Å². The summed E-state index contributed by atoms with van der Waals surface area (Å²) in [5, 5.41) is 0. The van der Waals surface area contributed by atoms with E-state index in [1.165, 1.54) is 5.56 Å². The molecule has 22 heavy (non-hydrogen) atoms. The van der Waals surface area contributed by atoms with Gasteiger partial charge in [0.15, 0.2) is 0 Å². The van der Waals surface area contributed by atoms with Crippen LogP contribution in [0.25, 0.3) is 0 Å². The van der Waals surface area contributed by atoms with Gasteiger partial charge in [0.05, 0.1) is 13.0 Å². The molecule has 1 aromatic carbocycles. The van der Waals surface area contributed by atoms with Gasteiger partial charge in [0, 0.05) is 20.1 Å². The van der Waals surface area contributed by atoms with E-state index in [2.05, 4.69) is 0 Å². The molecule has 0 N–H and O–H groups in total. The summed E-state index contributed by atoms with van der Waals surface area (Å²) in [6.45, 7) is 1.69. The molecule has 1 atom stereocenters. The van der Waals surface area contributed by atoms with Crippen molar-refractivity contribution in [2.75, 3.05) is 26.7 Å². The van der Waals surface area contributed by atoms with Crippen LogP contribution in [0.1, 0.15) is 24.8 Å². The van der Waals surface area contributed by atoms with Gasteiger partial charge in [0.2, 0.25) is 11.8 Å². The number of likely N-dealkylation sites (N-methyl/N-ethyl adjacent to an activating group) is 1. The molecule has 1 fully saturated rings. The number of rotatable bonds is 0. The number of benzene rings is 1. The average Bonchev–Trinajstić information content (AvgIpc) is 3.02. The largest absolute Gasteiger partial charge is 0.493 e. The maximum Gasteiger partial charge on any atom is 0.245 e. The first-order chi connectivity index (χ1) is 10.6. The molecule has 0 aliphatic carbocycles. The fourth-order valence-electron chi connectivity index (χ4n) is 3.14. The third-order valence-corrected chi connectivity index (χ3v) is 4.48. The molecule has 118 valence electrons. The molecule has 0 aromatic heterocycles. The van der Waals surface area contributed by atoms with Crippen molar-refractivity contribution in [2.24, 2.45) is 0 Å². The van der Waals surface area contributed by atoms with Crippen LogP contribution in [-0.4, -0.2) is 54.4 Å². The third kappa shape index (κ3) is 3.08. The summed E-state index contributed by atoms with van der Waals surface area (Å²) < 4.78 is 5.63. The number of hydrogen-bond acceptors (Lipinski definition) is 3. The molecule has 3 aliphatic heterocycles. The van der Waals surface area contributed by atoms with Gasteiger partial charge in [-0.15, -0.1) is 0 Å². The van der Waals surface area contributed by atoms with Gasteiger partial charge in [-0.25, -0.2) is 0 Å². The molecular formula is C17H22N2O3. The van der Waals surface area contributed by atoms with Gasteiger partial charge in [-0.3, -0.25) is 9.59 Å². The second kappa shape index (κ2) is 6.38. The summed E-state index contributed by atoms with van der Waals surface area (Å²) in [7, 11) is 1.83. The minimum absolute atomic E-state index is 0.0120. The Kier molecular flexibility index (Phi) is 4.32. The number of carbonyl (C=O) groups is 2. The van der Waals surface area contributed by atoms with Crippen molar-refractivity contribution in [1.29, 1.82) is 0 Å². The van der Waals surface area contributed by atoms with Crippen molar-refractivity contribution >= 4 is 11.8 Å². The molecule has 0 saturated carbocycles. The van der Waals surface area contributed by atoms with Crippen LogP contribution in [0, 0.1) is 0 Å². The molecular weight excluding hydrogens is 280 g/mol. The Labute approximate surface area is 130 Å². The van der Waals surface area contributed by atoms with Crippen LogP contribution < -0.4 is 4.74 Å². The van der Waals surface area contributed by atoms with Crippen LogP contribution in [-0.2, 0) is 16.0 Å². The van der Waals surface area contributed by atoms with Crippen molar-refractivity contribution in [3.8, 4) is 5.75 Å². The number of nitrogens with zero attached hydrogens (tertiary/aromatic N) is 2. The molecule has 5 nitrogen and oxygen atoms in total. The summed E-state index contributed by atoms with van der Waals surface area (Å²) in [5.41, 5.74) is 1.18. The van der Waals surface area contributed by atoms with Gasteiger partial charge in [0.25, 0.3) is 0 Å². The van der Waals surface area contributed by atoms with Crippen molar-refractivity contribution < 1.29 is 14.3 Å². The number of amides is 2. The lowest BCUT2D eigenvalue weighted by Gasteiger charge is -2.28. The quantitative estimate of drug-likeness (QED) is 0.729. The normalized spacial score (nSPS) is 23.2. The molecule has 1 unspecified atom stereocenters. The Balaban J connectivity index is 1.81. The summed E-state index contributed by atoms with van der Waals surface area (Å²) in [5.74, 6) is 0.856. The van der Waals surface area contributed by atoms with E-state index in [9.17, 15) is 9.59 Å². The van der Waals surface area contributed by atoms with Gasteiger partial charge >= 0.3 is 0 Å². The summed E-state index contributed by atoms with van der Waals surface area (Å²) >= 11 is 0. The van der Waals surface area contributed by atoms with E-state index in [0.717, 1.165) is 25.0 Å². The van der Waals surface area contributed by atoms with E-state index in [0.29, 0.717) is 26.1 Å². The highest BCUT2D eigenvalue weighted by Gasteiger charge is 2.35. The average molecular weight is 302 g/mol. The first kappa shape index (κ1) is 14.9. The topological polar surface area (TPSA) is 49.9 Å². The van der Waals surface area contributed by atoms with Crippen molar-refractivity contribution in [1.82, 2.24) is 9.80 Å². The maximum atomic E-state index is 12.6.